The molecule has 2 aliphatic heterocycles. The van der Waals surface area contributed by atoms with Gasteiger partial charge in [-0.15, -0.1) is 0 Å². The number of hydrogen-bond acceptors (Lipinski definition) is 2. The molecule has 0 atom stereocenters. The third-order valence-corrected chi connectivity index (χ3v) is 5.96. The number of benzene rings is 1. The quantitative estimate of drug-likeness (QED) is 0.669. The molecule has 0 aromatic heterocycles. The molecule has 2 nitrogen and oxygen atoms in total. The molecular weight excluding hydrogens is 271 g/mol. The molecular formula is C19H29BO2. The van der Waals surface area contributed by atoms with Crippen molar-refractivity contribution in [3.63, 3.8) is 0 Å². The topological polar surface area (TPSA) is 18.5 Å². The fourth-order valence-electron chi connectivity index (χ4n) is 4.86. The molecule has 120 valence electrons. The Morgan fingerprint density at radius 3 is 2.18 bits per heavy atom. The third-order valence-electron chi connectivity index (χ3n) is 5.96. The van der Waals surface area contributed by atoms with E-state index in [4.69, 9.17) is 9.47 Å². The summed E-state index contributed by atoms with van der Waals surface area (Å²) in [5.74, 6) is 3.76. The van der Waals surface area contributed by atoms with Crippen molar-refractivity contribution in [1.82, 2.24) is 0 Å². The number of fused-ring (bicyclic) bond motifs is 2. The standard InChI is InChI=1S/C19H29BO2/c1-21-18-12-11-15(14-19(18)22-2)6-5-13-20-16-7-3-8-17(20)10-4-9-16/h11-12,14,16-17H,3-10,13H2,1-2H3. The minimum atomic E-state index is 0.827. The second-order valence-electron chi connectivity index (χ2n) is 7.13. The van der Waals surface area contributed by atoms with Gasteiger partial charge in [0.15, 0.2) is 11.5 Å². The first-order valence-corrected chi connectivity index (χ1v) is 9.02. The van der Waals surface area contributed by atoms with Crippen molar-refractivity contribution >= 4 is 6.71 Å². The van der Waals surface area contributed by atoms with Crippen molar-refractivity contribution in [2.24, 2.45) is 0 Å². The van der Waals surface area contributed by atoms with E-state index in [9.17, 15) is 0 Å². The first-order chi connectivity index (χ1) is 10.8. The Bertz CT molecular complexity index is 466. The maximum Gasteiger partial charge on any atom is 0.160 e. The van der Waals surface area contributed by atoms with Gasteiger partial charge in [0, 0.05) is 0 Å². The van der Waals surface area contributed by atoms with Crippen LogP contribution >= 0.6 is 0 Å². The summed E-state index contributed by atoms with van der Waals surface area (Å²) in [7, 11) is 3.41. The molecule has 2 fully saturated rings. The largest absolute Gasteiger partial charge is 0.493 e. The Morgan fingerprint density at radius 1 is 0.955 bits per heavy atom. The molecule has 3 rings (SSSR count). The van der Waals surface area contributed by atoms with Crippen LogP contribution in [0.3, 0.4) is 0 Å². The molecule has 22 heavy (non-hydrogen) atoms. The highest BCUT2D eigenvalue weighted by atomic mass is 16.5. The lowest BCUT2D eigenvalue weighted by Crippen LogP contribution is -2.34. The predicted octanol–water partition coefficient (Wildman–Crippen LogP) is 5.24. The van der Waals surface area contributed by atoms with Gasteiger partial charge >= 0.3 is 0 Å². The van der Waals surface area contributed by atoms with E-state index in [2.05, 4.69) is 12.1 Å². The maximum atomic E-state index is 5.41. The normalized spacial score (nSPS) is 24.2. The summed E-state index contributed by atoms with van der Waals surface area (Å²) in [5.41, 5.74) is 1.37. The highest BCUT2D eigenvalue weighted by Gasteiger charge is 2.38. The monoisotopic (exact) mass is 300 g/mol. The number of aryl methyl sites for hydroxylation is 1. The van der Waals surface area contributed by atoms with Gasteiger partial charge in [-0.2, -0.15) is 0 Å². The van der Waals surface area contributed by atoms with Gasteiger partial charge in [-0.3, -0.25) is 0 Å². The van der Waals surface area contributed by atoms with E-state index >= 15 is 0 Å². The van der Waals surface area contributed by atoms with Crippen molar-refractivity contribution in [2.45, 2.75) is 69.3 Å². The number of ether oxygens (including phenoxy) is 2. The van der Waals surface area contributed by atoms with Crippen LogP contribution in [0.5, 0.6) is 11.5 Å². The van der Waals surface area contributed by atoms with Gasteiger partial charge < -0.3 is 9.47 Å². The van der Waals surface area contributed by atoms with Crippen LogP contribution in [0, 0.1) is 0 Å². The van der Waals surface area contributed by atoms with Crippen LogP contribution in [0.25, 0.3) is 0 Å². The van der Waals surface area contributed by atoms with Gasteiger partial charge in [-0.25, -0.2) is 0 Å². The lowest BCUT2D eigenvalue weighted by atomic mass is 9.26. The second-order valence-corrected chi connectivity index (χ2v) is 7.13. The molecule has 2 aliphatic rings. The highest BCUT2D eigenvalue weighted by Crippen LogP contribution is 2.48. The Labute approximate surface area is 135 Å². The minimum Gasteiger partial charge on any atom is -0.493 e. The molecule has 3 heteroatoms. The Hall–Kier alpha value is -1.12. The average Bonchev–Trinajstić information content (AvgIpc) is 2.54. The summed E-state index contributed by atoms with van der Waals surface area (Å²) in [6.45, 7) is 1.02. The van der Waals surface area contributed by atoms with Crippen LogP contribution in [0.2, 0.25) is 18.0 Å². The summed E-state index contributed by atoms with van der Waals surface area (Å²) < 4.78 is 10.7. The Balaban J connectivity index is 1.54. The molecule has 2 heterocycles. The summed E-state index contributed by atoms with van der Waals surface area (Å²) >= 11 is 0. The van der Waals surface area contributed by atoms with Crippen molar-refractivity contribution in [1.29, 1.82) is 0 Å². The molecule has 2 bridgehead atoms. The zero-order chi connectivity index (χ0) is 15.4. The Morgan fingerprint density at radius 2 is 1.59 bits per heavy atom. The van der Waals surface area contributed by atoms with Crippen molar-refractivity contribution in [3.05, 3.63) is 23.8 Å². The number of methoxy groups -OCH3 is 2. The molecule has 0 N–H and O–H groups in total. The summed E-state index contributed by atoms with van der Waals surface area (Å²) in [5, 5.41) is 0. The molecule has 0 spiro atoms. The average molecular weight is 300 g/mol. The van der Waals surface area contributed by atoms with E-state index < -0.39 is 0 Å². The summed E-state index contributed by atoms with van der Waals surface area (Å²) in [6, 6.07) is 6.35. The zero-order valence-corrected chi connectivity index (χ0v) is 14.1. The van der Waals surface area contributed by atoms with Gasteiger partial charge in [0.2, 0.25) is 0 Å². The van der Waals surface area contributed by atoms with Crippen molar-refractivity contribution < 1.29 is 9.47 Å². The highest BCUT2D eigenvalue weighted by molar-refractivity contribution is 6.62. The van der Waals surface area contributed by atoms with Crippen LogP contribution in [0.1, 0.15) is 50.5 Å². The Kier molecular flexibility index (Phi) is 5.33. The van der Waals surface area contributed by atoms with Crippen molar-refractivity contribution in [3.8, 4) is 11.5 Å². The van der Waals surface area contributed by atoms with Crippen molar-refractivity contribution in [2.75, 3.05) is 14.2 Å². The molecule has 0 saturated carbocycles. The van der Waals surface area contributed by atoms with E-state index in [-0.39, 0.29) is 0 Å². The lowest BCUT2D eigenvalue weighted by molar-refractivity contribution is 0.354. The van der Waals surface area contributed by atoms with Gasteiger partial charge in [-0.1, -0.05) is 69.0 Å². The number of hydrogen-bond donors (Lipinski definition) is 0. The van der Waals surface area contributed by atoms with E-state index in [1.807, 2.05) is 6.07 Å². The predicted molar refractivity (Wildman–Crippen MR) is 93.6 cm³/mol. The summed E-state index contributed by atoms with van der Waals surface area (Å²) in [6.07, 6.45) is 12.9. The molecule has 0 radical (unpaired) electrons. The van der Waals surface area contributed by atoms with Gasteiger partial charge in [0.1, 0.15) is 6.71 Å². The van der Waals surface area contributed by atoms with Crippen LogP contribution < -0.4 is 9.47 Å². The van der Waals surface area contributed by atoms with Crippen LogP contribution in [-0.4, -0.2) is 20.9 Å². The number of rotatable bonds is 6. The molecule has 0 amide bonds. The van der Waals surface area contributed by atoms with E-state index in [0.29, 0.717) is 0 Å². The first-order valence-electron chi connectivity index (χ1n) is 9.02. The van der Waals surface area contributed by atoms with Crippen LogP contribution in [0.15, 0.2) is 18.2 Å². The first kappa shape index (κ1) is 15.8. The van der Waals surface area contributed by atoms with Crippen LogP contribution in [-0.2, 0) is 6.42 Å². The fraction of sp³-hybridized carbons (Fsp3) is 0.684. The summed E-state index contributed by atoms with van der Waals surface area (Å²) in [4.78, 5) is 0. The minimum absolute atomic E-state index is 0.827. The second kappa shape index (κ2) is 7.43. The van der Waals surface area contributed by atoms with Gasteiger partial charge in [-0.05, 0) is 24.1 Å². The molecule has 0 unspecified atom stereocenters. The molecule has 0 aliphatic carbocycles. The van der Waals surface area contributed by atoms with Gasteiger partial charge in [0.05, 0.1) is 14.2 Å². The van der Waals surface area contributed by atoms with Crippen LogP contribution in [0.4, 0.5) is 0 Å². The fourth-order valence-corrected chi connectivity index (χ4v) is 4.86. The molecule has 1 aromatic rings. The van der Waals surface area contributed by atoms with E-state index in [1.54, 1.807) is 14.2 Å². The maximum absolute atomic E-state index is 5.41. The molecule has 1 aromatic carbocycles. The zero-order valence-electron chi connectivity index (χ0n) is 14.1. The van der Waals surface area contributed by atoms with E-state index in [1.165, 1.54) is 56.8 Å². The third kappa shape index (κ3) is 3.44. The molecule has 2 saturated heterocycles. The van der Waals surface area contributed by atoms with E-state index in [0.717, 1.165) is 36.3 Å². The van der Waals surface area contributed by atoms with Gasteiger partial charge in [0.25, 0.3) is 0 Å². The smallest absolute Gasteiger partial charge is 0.160 e. The SMILES string of the molecule is COc1ccc(CCCB2C3CCCC2CCC3)cc1OC. The lowest BCUT2D eigenvalue weighted by Gasteiger charge is -2.40.